The number of fused-ring (bicyclic) bond motifs is 1. The largest absolute Gasteiger partial charge is 0.397 e. The third-order valence-corrected chi connectivity index (χ3v) is 1.71. The van der Waals surface area contributed by atoms with Crippen molar-refractivity contribution >= 4 is 16.6 Å². The zero-order valence-electron chi connectivity index (χ0n) is 6.29. The second-order valence-electron chi connectivity index (χ2n) is 2.57. The lowest BCUT2D eigenvalue weighted by Crippen LogP contribution is -1.89. The van der Waals surface area contributed by atoms with Gasteiger partial charge in [0.15, 0.2) is 0 Å². The van der Waals surface area contributed by atoms with E-state index in [1.54, 1.807) is 18.2 Å². The summed E-state index contributed by atoms with van der Waals surface area (Å²) in [6.45, 7) is 0. The van der Waals surface area contributed by atoms with Crippen molar-refractivity contribution in [3.05, 3.63) is 36.3 Å². The number of nitrogens with two attached hydrogens (primary N) is 1. The molecule has 0 aliphatic carbocycles. The molecule has 0 aliphatic rings. The monoisotopic (exact) mass is 162 g/mol. The maximum Gasteiger partial charge on any atom is 0.142 e. The maximum atomic E-state index is 12.7. The van der Waals surface area contributed by atoms with E-state index in [9.17, 15) is 4.39 Å². The molecule has 2 aromatic rings. The third kappa shape index (κ3) is 0.993. The molecular formula is C9H7FN2. The first-order valence-electron chi connectivity index (χ1n) is 3.57. The van der Waals surface area contributed by atoms with Crippen LogP contribution in [0.4, 0.5) is 10.1 Å². The molecule has 3 heteroatoms. The van der Waals surface area contributed by atoms with E-state index in [4.69, 9.17) is 5.73 Å². The Hall–Kier alpha value is -1.64. The van der Waals surface area contributed by atoms with Gasteiger partial charge in [-0.15, -0.1) is 0 Å². The van der Waals surface area contributed by atoms with Crippen molar-refractivity contribution in [2.45, 2.75) is 0 Å². The number of nitrogen functional groups attached to an aromatic ring is 1. The Morgan fingerprint density at radius 3 is 3.00 bits per heavy atom. The fraction of sp³-hybridized carbons (Fsp3) is 0. The quantitative estimate of drug-likeness (QED) is 0.601. The minimum absolute atomic E-state index is 0.340. The van der Waals surface area contributed by atoms with Crippen molar-refractivity contribution in [2.75, 3.05) is 5.73 Å². The number of halogens is 1. The van der Waals surface area contributed by atoms with E-state index in [0.717, 1.165) is 5.39 Å². The van der Waals surface area contributed by atoms with Gasteiger partial charge in [0, 0.05) is 5.39 Å². The molecule has 1 heterocycles. The normalized spacial score (nSPS) is 10.4. The van der Waals surface area contributed by atoms with Crippen LogP contribution in [-0.4, -0.2) is 4.98 Å². The van der Waals surface area contributed by atoms with E-state index in [-0.39, 0.29) is 5.82 Å². The van der Waals surface area contributed by atoms with Gasteiger partial charge >= 0.3 is 0 Å². The van der Waals surface area contributed by atoms with Crippen LogP contribution in [0.5, 0.6) is 0 Å². The van der Waals surface area contributed by atoms with Gasteiger partial charge in [-0.05, 0) is 12.1 Å². The van der Waals surface area contributed by atoms with E-state index >= 15 is 0 Å². The lowest BCUT2D eigenvalue weighted by molar-refractivity contribution is 0.624. The molecule has 0 amide bonds. The molecule has 12 heavy (non-hydrogen) atoms. The molecule has 0 spiro atoms. The van der Waals surface area contributed by atoms with Crippen molar-refractivity contribution < 1.29 is 4.39 Å². The number of nitrogens with zero attached hydrogens (tertiary/aromatic N) is 1. The highest BCUT2D eigenvalue weighted by atomic mass is 19.1. The highest BCUT2D eigenvalue weighted by Gasteiger charge is 1.98. The first-order chi connectivity index (χ1) is 5.77. The summed E-state index contributed by atoms with van der Waals surface area (Å²) in [4.78, 5) is 3.88. The van der Waals surface area contributed by atoms with Gasteiger partial charge < -0.3 is 5.73 Å². The molecule has 2 rings (SSSR count). The second kappa shape index (κ2) is 2.44. The average Bonchev–Trinajstić information content (AvgIpc) is 2.04. The van der Waals surface area contributed by atoms with E-state index in [0.29, 0.717) is 11.2 Å². The van der Waals surface area contributed by atoms with Crippen LogP contribution in [0.1, 0.15) is 0 Å². The SMILES string of the molecule is Nc1cccc2cc(F)cnc12. The molecule has 1 aromatic heterocycles. The molecule has 1 aromatic carbocycles. The molecule has 0 radical (unpaired) electrons. The van der Waals surface area contributed by atoms with Gasteiger partial charge in [-0.3, -0.25) is 4.98 Å². The molecule has 0 atom stereocenters. The maximum absolute atomic E-state index is 12.7. The summed E-state index contributed by atoms with van der Waals surface area (Å²) in [5.41, 5.74) is 6.85. The van der Waals surface area contributed by atoms with E-state index < -0.39 is 0 Å². The molecular weight excluding hydrogens is 155 g/mol. The van der Waals surface area contributed by atoms with Crippen LogP contribution < -0.4 is 5.73 Å². The molecule has 0 fully saturated rings. The molecule has 0 bridgehead atoms. The first kappa shape index (κ1) is 7.03. The van der Waals surface area contributed by atoms with Crippen LogP contribution in [0.25, 0.3) is 10.9 Å². The number of hydrogen-bond acceptors (Lipinski definition) is 2. The zero-order valence-corrected chi connectivity index (χ0v) is 6.29. The van der Waals surface area contributed by atoms with Gasteiger partial charge in [0.1, 0.15) is 5.82 Å². The zero-order chi connectivity index (χ0) is 8.55. The van der Waals surface area contributed by atoms with Crippen molar-refractivity contribution in [2.24, 2.45) is 0 Å². The summed E-state index contributed by atoms with van der Waals surface area (Å²) < 4.78 is 12.7. The topological polar surface area (TPSA) is 38.9 Å². The minimum atomic E-state index is -0.340. The molecule has 60 valence electrons. The van der Waals surface area contributed by atoms with Gasteiger partial charge in [0.05, 0.1) is 17.4 Å². The third-order valence-electron chi connectivity index (χ3n) is 1.71. The number of pyridine rings is 1. The Balaban J connectivity index is 2.86. The Morgan fingerprint density at radius 1 is 1.33 bits per heavy atom. The van der Waals surface area contributed by atoms with Crippen LogP contribution >= 0.6 is 0 Å². The smallest absolute Gasteiger partial charge is 0.142 e. The van der Waals surface area contributed by atoms with Crippen molar-refractivity contribution in [3.8, 4) is 0 Å². The lowest BCUT2D eigenvalue weighted by Gasteiger charge is -1.99. The van der Waals surface area contributed by atoms with E-state index in [2.05, 4.69) is 4.98 Å². The van der Waals surface area contributed by atoms with Crippen molar-refractivity contribution in [1.29, 1.82) is 0 Å². The van der Waals surface area contributed by atoms with E-state index in [1.165, 1.54) is 12.3 Å². The van der Waals surface area contributed by atoms with Crippen LogP contribution in [0.3, 0.4) is 0 Å². The Morgan fingerprint density at radius 2 is 2.17 bits per heavy atom. The van der Waals surface area contributed by atoms with Gasteiger partial charge in [-0.2, -0.15) is 0 Å². The summed E-state index contributed by atoms with van der Waals surface area (Å²) in [6.07, 6.45) is 1.17. The Labute approximate surface area is 68.8 Å². The molecule has 0 saturated carbocycles. The average molecular weight is 162 g/mol. The van der Waals surface area contributed by atoms with Gasteiger partial charge in [0.25, 0.3) is 0 Å². The predicted molar refractivity (Wildman–Crippen MR) is 46.1 cm³/mol. The van der Waals surface area contributed by atoms with Crippen molar-refractivity contribution in [3.63, 3.8) is 0 Å². The van der Waals surface area contributed by atoms with Crippen LogP contribution in [0, 0.1) is 5.82 Å². The highest BCUT2D eigenvalue weighted by Crippen LogP contribution is 2.18. The first-order valence-corrected chi connectivity index (χ1v) is 3.57. The number of para-hydroxylation sites is 1. The van der Waals surface area contributed by atoms with Gasteiger partial charge in [-0.1, -0.05) is 12.1 Å². The van der Waals surface area contributed by atoms with E-state index in [1.807, 2.05) is 0 Å². The fourth-order valence-corrected chi connectivity index (χ4v) is 1.16. The lowest BCUT2D eigenvalue weighted by atomic mass is 10.2. The number of benzene rings is 1. The van der Waals surface area contributed by atoms with Crippen LogP contribution in [-0.2, 0) is 0 Å². The number of anilines is 1. The van der Waals surface area contributed by atoms with Crippen LogP contribution in [0.15, 0.2) is 30.5 Å². The molecule has 2 nitrogen and oxygen atoms in total. The summed E-state index contributed by atoms with van der Waals surface area (Å²) in [5.74, 6) is -0.340. The van der Waals surface area contributed by atoms with Gasteiger partial charge in [0.2, 0.25) is 0 Å². The standard InChI is InChI=1S/C9H7FN2/c10-7-4-6-2-1-3-8(11)9(6)12-5-7/h1-5H,11H2. The number of aromatic nitrogens is 1. The summed E-state index contributed by atoms with van der Waals surface area (Å²) in [7, 11) is 0. The molecule has 0 aliphatic heterocycles. The Bertz CT molecular complexity index is 426. The fourth-order valence-electron chi connectivity index (χ4n) is 1.16. The summed E-state index contributed by atoms with van der Waals surface area (Å²) in [5, 5.41) is 0.731. The van der Waals surface area contributed by atoms with Gasteiger partial charge in [-0.25, -0.2) is 4.39 Å². The Kier molecular flexibility index (Phi) is 1.43. The number of hydrogen-bond donors (Lipinski definition) is 1. The second-order valence-corrected chi connectivity index (χ2v) is 2.57. The molecule has 0 unspecified atom stereocenters. The number of rotatable bonds is 0. The molecule has 0 saturated heterocycles. The predicted octanol–water partition coefficient (Wildman–Crippen LogP) is 1.96. The highest BCUT2D eigenvalue weighted by molar-refractivity contribution is 5.88. The van der Waals surface area contributed by atoms with Crippen LogP contribution in [0.2, 0.25) is 0 Å². The summed E-state index contributed by atoms with van der Waals surface area (Å²) in [6, 6.07) is 6.71. The summed E-state index contributed by atoms with van der Waals surface area (Å²) >= 11 is 0. The molecule has 2 N–H and O–H groups in total. The minimum Gasteiger partial charge on any atom is -0.397 e. The van der Waals surface area contributed by atoms with Crippen molar-refractivity contribution in [1.82, 2.24) is 4.98 Å².